The lowest BCUT2D eigenvalue weighted by atomic mass is 9.80. The number of anilines is 1. The lowest BCUT2D eigenvalue weighted by Crippen LogP contribution is -2.37. The largest absolute Gasteiger partial charge is 0.667 e. The maximum absolute atomic E-state index is 12.3. The van der Waals surface area contributed by atoms with Gasteiger partial charge in [0.15, 0.2) is 0 Å². The van der Waals surface area contributed by atoms with Gasteiger partial charge in [-0.3, -0.25) is 4.79 Å². The monoisotopic (exact) mass is 707 g/mol. The standard InChI is InChI=1S/C43H68N3O5/c1-5-6-8-11-31-14-15-34(40(48)23-31)12-9-7-10-13-38(42(49)50)39(47)16-18-43(51)27-33(21-32-17-19-45-41(44)24-32)22-36(43)26-37-25-35(28-46-37)30(4)20-29(2)3/h14-15,17,19,24-25,28-31,33-34,36,38-40,47-48,51H,5-13,16,18,20-23,26-27H2,1-4H3,(H2,44,45)(H,49,50)/q-1. The SMILES string of the molecule is CCCCCC1C=CC(CCCCCC(C(=O)O)C(O)CCC2(O)CC(Cc3ccnc(N)c3)CC2Cc2cc(C(C)CC(C)C)c[n-]2)C(O)C1. The summed E-state index contributed by atoms with van der Waals surface area (Å²) < 4.78 is 0. The Morgan fingerprint density at radius 1 is 1.04 bits per heavy atom. The molecular weight excluding hydrogens is 638 g/mol. The zero-order chi connectivity index (χ0) is 37.0. The van der Waals surface area contributed by atoms with E-state index < -0.39 is 23.6 Å². The lowest BCUT2D eigenvalue weighted by Gasteiger charge is -2.33. The number of allylic oxidation sites excluding steroid dienone is 1. The first-order chi connectivity index (χ1) is 24.4. The molecule has 2 aromatic rings. The fourth-order valence-corrected chi connectivity index (χ4v) is 9.11. The number of aliphatic hydroxyl groups excluding tert-OH is 2. The number of pyridine rings is 1. The van der Waals surface area contributed by atoms with Crippen molar-refractivity contribution in [1.82, 2.24) is 9.97 Å². The summed E-state index contributed by atoms with van der Waals surface area (Å²) in [6.45, 7) is 8.92. The fraction of sp³-hybridized carbons (Fsp3) is 0.721. The van der Waals surface area contributed by atoms with Crippen molar-refractivity contribution in [1.29, 1.82) is 0 Å². The van der Waals surface area contributed by atoms with Crippen molar-refractivity contribution in [3.63, 3.8) is 0 Å². The van der Waals surface area contributed by atoms with E-state index in [1.165, 1.54) is 24.8 Å². The highest BCUT2D eigenvalue weighted by molar-refractivity contribution is 5.70. The van der Waals surface area contributed by atoms with E-state index in [2.05, 4.69) is 50.9 Å². The summed E-state index contributed by atoms with van der Waals surface area (Å²) in [7, 11) is 0. The Labute approximate surface area is 307 Å². The molecule has 8 heteroatoms. The molecule has 0 saturated heterocycles. The van der Waals surface area contributed by atoms with E-state index in [0.717, 1.165) is 62.6 Å². The van der Waals surface area contributed by atoms with E-state index in [1.807, 2.05) is 18.3 Å². The van der Waals surface area contributed by atoms with Crippen molar-refractivity contribution < 1.29 is 25.2 Å². The Morgan fingerprint density at radius 2 is 1.82 bits per heavy atom. The zero-order valence-corrected chi connectivity index (χ0v) is 31.9. The van der Waals surface area contributed by atoms with Crippen LogP contribution in [-0.2, 0) is 17.6 Å². The van der Waals surface area contributed by atoms with Crippen molar-refractivity contribution in [2.75, 3.05) is 5.73 Å². The normalized spacial score (nSPS) is 26.8. The van der Waals surface area contributed by atoms with E-state index in [0.29, 0.717) is 55.7 Å². The third kappa shape index (κ3) is 12.7. The van der Waals surface area contributed by atoms with Crippen LogP contribution in [0.5, 0.6) is 0 Å². The number of aliphatic hydroxyl groups is 3. The number of unbranched alkanes of at least 4 members (excludes halogenated alkanes) is 4. The van der Waals surface area contributed by atoms with Crippen molar-refractivity contribution in [2.24, 2.45) is 35.5 Å². The first kappa shape index (κ1) is 41.1. The smallest absolute Gasteiger partial charge is 0.309 e. The number of hydrogen-bond acceptors (Lipinski definition) is 6. The molecule has 0 aromatic carbocycles. The second-order valence-electron chi connectivity index (χ2n) is 16.8. The summed E-state index contributed by atoms with van der Waals surface area (Å²) in [4.78, 5) is 21.2. The molecule has 4 rings (SSSR count). The Hall–Kier alpha value is -2.68. The van der Waals surface area contributed by atoms with E-state index in [1.54, 1.807) is 6.20 Å². The molecule has 0 aliphatic heterocycles. The molecule has 2 aliphatic rings. The van der Waals surface area contributed by atoms with Crippen LogP contribution in [-0.4, -0.2) is 49.2 Å². The number of carbonyl (C=O) groups is 1. The van der Waals surface area contributed by atoms with E-state index >= 15 is 0 Å². The molecule has 0 spiro atoms. The van der Waals surface area contributed by atoms with E-state index in [9.17, 15) is 25.2 Å². The number of aliphatic carboxylic acids is 1. The Morgan fingerprint density at radius 3 is 2.53 bits per heavy atom. The number of nitrogens with zero attached hydrogens (tertiary/aromatic N) is 2. The first-order valence-corrected chi connectivity index (χ1v) is 20.2. The molecule has 2 heterocycles. The van der Waals surface area contributed by atoms with Gasteiger partial charge in [-0.2, -0.15) is 11.9 Å². The van der Waals surface area contributed by atoms with Crippen LogP contribution < -0.4 is 10.7 Å². The summed E-state index contributed by atoms with van der Waals surface area (Å²) in [5, 5.41) is 44.3. The Kier molecular flexibility index (Phi) is 16.1. The highest BCUT2D eigenvalue weighted by atomic mass is 16.4. The second-order valence-corrected chi connectivity index (χ2v) is 16.8. The quantitative estimate of drug-likeness (QED) is 0.0607. The molecule has 9 atom stereocenters. The molecule has 9 unspecified atom stereocenters. The van der Waals surface area contributed by atoms with Gasteiger partial charge in [-0.25, -0.2) is 4.98 Å². The summed E-state index contributed by atoms with van der Waals surface area (Å²) >= 11 is 0. The summed E-state index contributed by atoms with van der Waals surface area (Å²) in [5.74, 6) is 0.501. The first-order valence-electron chi connectivity index (χ1n) is 20.2. The van der Waals surface area contributed by atoms with Crippen LogP contribution in [0.3, 0.4) is 0 Å². The molecule has 0 amide bonds. The molecule has 6 N–H and O–H groups in total. The molecule has 1 saturated carbocycles. The van der Waals surface area contributed by atoms with Crippen LogP contribution in [0.25, 0.3) is 0 Å². The van der Waals surface area contributed by atoms with Crippen LogP contribution in [0, 0.1) is 35.5 Å². The molecule has 51 heavy (non-hydrogen) atoms. The van der Waals surface area contributed by atoms with Gasteiger partial charge in [-0.1, -0.05) is 90.0 Å². The number of carboxylic acids is 1. The minimum atomic E-state index is -1.03. The minimum absolute atomic E-state index is 0.0453. The van der Waals surface area contributed by atoms with Gasteiger partial charge in [0, 0.05) is 12.1 Å². The number of carboxylic acid groups (broad SMARTS) is 1. The fourth-order valence-electron chi connectivity index (χ4n) is 9.11. The maximum Gasteiger partial charge on any atom is 0.309 e. The van der Waals surface area contributed by atoms with Crippen molar-refractivity contribution in [3.05, 3.63) is 59.6 Å². The van der Waals surface area contributed by atoms with Gasteiger partial charge in [0.1, 0.15) is 5.82 Å². The number of nitrogen functional groups attached to an aromatic ring is 1. The number of rotatable bonds is 22. The third-order valence-electron chi connectivity index (χ3n) is 12.0. The number of nitrogens with two attached hydrogens (primary N) is 1. The summed E-state index contributed by atoms with van der Waals surface area (Å²) in [6, 6.07) is 6.06. The van der Waals surface area contributed by atoms with Crippen LogP contribution in [0.4, 0.5) is 5.82 Å². The van der Waals surface area contributed by atoms with Gasteiger partial charge in [0.2, 0.25) is 0 Å². The van der Waals surface area contributed by atoms with Crippen LogP contribution >= 0.6 is 0 Å². The highest BCUT2D eigenvalue weighted by Crippen LogP contribution is 2.46. The van der Waals surface area contributed by atoms with Crippen LogP contribution in [0.15, 0.2) is 42.7 Å². The van der Waals surface area contributed by atoms with Crippen molar-refractivity contribution in [2.45, 2.75) is 161 Å². The zero-order valence-electron chi connectivity index (χ0n) is 31.9. The van der Waals surface area contributed by atoms with Crippen molar-refractivity contribution >= 4 is 11.8 Å². The van der Waals surface area contributed by atoms with Gasteiger partial charge in [-0.15, -0.1) is 0 Å². The number of hydrogen-bond donors (Lipinski definition) is 5. The molecule has 0 bridgehead atoms. The minimum Gasteiger partial charge on any atom is -0.667 e. The molecule has 1 fully saturated rings. The van der Waals surface area contributed by atoms with Crippen LogP contribution in [0.1, 0.15) is 147 Å². The molecule has 2 aliphatic carbocycles. The molecule has 8 nitrogen and oxygen atoms in total. The molecule has 0 radical (unpaired) electrons. The average Bonchev–Trinajstić information content (AvgIpc) is 3.66. The maximum atomic E-state index is 12.3. The average molecular weight is 707 g/mol. The summed E-state index contributed by atoms with van der Waals surface area (Å²) in [5.41, 5.74) is 8.26. The van der Waals surface area contributed by atoms with Gasteiger partial charge < -0.3 is 31.1 Å². The van der Waals surface area contributed by atoms with Crippen LogP contribution in [0.2, 0.25) is 0 Å². The van der Waals surface area contributed by atoms with E-state index in [-0.39, 0.29) is 30.3 Å². The lowest BCUT2D eigenvalue weighted by molar-refractivity contribution is -0.146. The van der Waals surface area contributed by atoms with Gasteiger partial charge in [0.05, 0.1) is 23.7 Å². The van der Waals surface area contributed by atoms with E-state index in [4.69, 9.17) is 10.7 Å². The second kappa shape index (κ2) is 20.0. The summed E-state index contributed by atoms with van der Waals surface area (Å²) in [6.07, 6.45) is 20.9. The predicted octanol–water partition coefficient (Wildman–Crippen LogP) is 8.24. The number of aromatic nitrogens is 2. The molecule has 286 valence electrons. The Balaban J connectivity index is 1.31. The van der Waals surface area contributed by atoms with Crippen molar-refractivity contribution in [3.8, 4) is 0 Å². The highest BCUT2D eigenvalue weighted by Gasteiger charge is 2.45. The van der Waals surface area contributed by atoms with Gasteiger partial charge in [0.25, 0.3) is 0 Å². The third-order valence-corrected chi connectivity index (χ3v) is 12.0. The molecule has 2 aromatic heterocycles. The van der Waals surface area contributed by atoms with Gasteiger partial charge >= 0.3 is 5.97 Å². The Bertz CT molecular complexity index is 1360. The predicted molar refractivity (Wildman–Crippen MR) is 205 cm³/mol. The molecular formula is C43H68N3O5-. The topological polar surface area (TPSA) is 151 Å². The van der Waals surface area contributed by atoms with Gasteiger partial charge in [-0.05, 0) is 118 Å².